The number of unbranched alkanes of at least 4 members (excludes halogenated alkanes) is 20. The van der Waals surface area contributed by atoms with Gasteiger partial charge in [0.2, 0.25) is 0 Å². The van der Waals surface area contributed by atoms with Crippen LogP contribution in [0.1, 0.15) is 206 Å². The summed E-state index contributed by atoms with van der Waals surface area (Å²) in [5.74, 6) is -2.46. The van der Waals surface area contributed by atoms with E-state index in [0.717, 1.165) is 51.4 Å². The first-order chi connectivity index (χ1) is 31.1. The summed E-state index contributed by atoms with van der Waals surface area (Å²) in [7, 11) is -4.74. The van der Waals surface area contributed by atoms with Gasteiger partial charge in [0.05, 0.1) is 13.2 Å². The second kappa shape index (κ2) is 46.4. The van der Waals surface area contributed by atoms with Crippen LogP contribution in [0.3, 0.4) is 0 Å². The zero-order valence-electron chi connectivity index (χ0n) is 40.1. The molecule has 0 rings (SSSR count). The van der Waals surface area contributed by atoms with Gasteiger partial charge in [-0.25, -0.2) is 4.57 Å². The topological polar surface area (TPSA) is 172 Å². The number of aliphatic carboxylic acids is 1. The van der Waals surface area contributed by atoms with Gasteiger partial charge in [0, 0.05) is 12.8 Å². The number of carboxylic acid groups (broad SMARTS) is 1. The van der Waals surface area contributed by atoms with E-state index in [9.17, 15) is 23.8 Å². The molecule has 0 amide bonds. The predicted octanol–water partition coefficient (Wildman–Crippen LogP) is 14.1. The molecule has 0 radical (unpaired) electrons. The Labute approximate surface area is 389 Å². The molecule has 0 aromatic rings. The van der Waals surface area contributed by atoms with Gasteiger partial charge < -0.3 is 25.2 Å². The molecule has 0 saturated carbocycles. The predicted molar refractivity (Wildman–Crippen MR) is 263 cm³/mol. The van der Waals surface area contributed by atoms with Crippen molar-refractivity contribution in [2.24, 2.45) is 5.73 Å². The Hall–Kier alpha value is -3.08. The first kappa shape index (κ1) is 60.9. The van der Waals surface area contributed by atoms with Crippen LogP contribution in [-0.2, 0) is 37.5 Å². The van der Waals surface area contributed by atoms with Gasteiger partial charge in [0.25, 0.3) is 0 Å². The zero-order valence-corrected chi connectivity index (χ0v) is 41.0. The fourth-order valence-electron chi connectivity index (χ4n) is 6.50. The van der Waals surface area contributed by atoms with Gasteiger partial charge in [0.15, 0.2) is 6.10 Å². The van der Waals surface area contributed by atoms with Crippen molar-refractivity contribution in [3.63, 3.8) is 0 Å². The molecule has 11 nitrogen and oxygen atoms in total. The van der Waals surface area contributed by atoms with E-state index in [1.54, 1.807) is 0 Å². The molecule has 0 spiro atoms. The zero-order chi connectivity index (χ0) is 47.0. The second-order valence-electron chi connectivity index (χ2n) is 16.6. The van der Waals surface area contributed by atoms with Gasteiger partial charge in [-0.2, -0.15) is 0 Å². The minimum Gasteiger partial charge on any atom is -0.480 e. The van der Waals surface area contributed by atoms with E-state index >= 15 is 0 Å². The van der Waals surface area contributed by atoms with Gasteiger partial charge in [-0.3, -0.25) is 23.4 Å². The first-order valence-electron chi connectivity index (χ1n) is 25.0. The Morgan fingerprint density at radius 2 is 0.844 bits per heavy atom. The van der Waals surface area contributed by atoms with E-state index in [-0.39, 0.29) is 19.4 Å². The smallest absolute Gasteiger partial charge is 0.472 e. The molecule has 0 bridgehead atoms. The molecule has 1 unspecified atom stereocenters. The standard InChI is InChI=1S/C52H90NO10P/c1-3-5-7-9-11-13-15-17-19-21-23-24-26-28-30-32-34-36-38-40-42-44-51(55)63-48(46-61-64(58,59)62-47-49(53)52(56)57)45-60-50(54)43-41-39-37-35-33-31-29-27-25-22-20-18-16-14-12-10-8-6-4-2/h12,14,18-21,24,26,30,32,36,38,48-49H,3-11,13,15-17,22-23,25,27-29,31,33-35,37,39-47,53H2,1-2H3,(H,56,57)(H,58,59)/b14-12+,20-18+,21-19+,26-24+,32-30+,38-36+/t48-,49+/m1/s1. The van der Waals surface area contributed by atoms with Crippen LogP contribution in [0.4, 0.5) is 0 Å². The van der Waals surface area contributed by atoms with Crippen LogP contribution in [0.5, 0.6) is 0 Å². The number of rotatable bonds is 46. The van der Waals surface area contributed by atoms with E-state index in [2.05, 4.69) is 79.1 Å². The average molecular weight is 920 g/mol. The number of carboxylic acids is 1. The normalized spacial score (nSPS) is 14.2. The van der Waals surface area contributed by atoms with E-state index in [1.807, 2.05) is 12.2 Å². The Morgan fingerprint density at radius 1 is 0.484 bits per heavy atom. The number of carbonyl (C=O) groups excluding carboxylic acids is 2. The lowest BCUT2D eigenvalue weighted by Gasteiger charge is -2.20. The van der Waals surface area contributed by atoms with Crippen LogP contribution in [0.15, 0.2) is 72.9 Å². The molecule has 4 N–H and O–H groups in total. The molecule has 0 aromatic carbocycles. The molecular formula is C52H90NO10P. The lowest BCUT2D eigenvalue weighted by Crippen LogP contribution is -2.34. The lowest BCUT2D eigenvalue weighted by molar-refractivity contribution is -0.161. The third kappa shape index (κ3) is 45.5. The summed E-state index contributed by atoms with van der Waals surface area (Å²) in [6, 6.07) is -1.53. The van der Waals surface area contributed by atoms with E-state index in [0.29, 0.717) is 19.3 Å². The van der Waals surface area contributed by atoms with E-state index < -0.39 is 51.1 Å². The number of phosphoric ester groups is 1. The number of ether oxygens (including phenoxy) is 2. The number of nitrogens with two attached hydrogens (primary N) is 1. The summed E-state index contributed by atoms with van der Waals surface area (Å²) in [6.45, 7) is 2.73. The summed E-state index contributed by atoms with van der Waals surface area (Å²) in [5.41, 5.74) is 5.34. The van der Waals surface area contributed by atoms with Crippen molar-refractivity contribution < 1.29 is 47.5 Å². The molecule has 64 heavy (non-hydrogen) atoms. The van der Waals surface area contributed by atoms with Crippen molar-refractivity contribution in [2.45, 2.75) is 219 Å². The van der Waals surface area contributed by atoms with Crippen molar-refractivity contribution in [3.05, 3.63) is 72.9 Å². The van der Waals surface area contributed by atoms with Crippen LogP contribution < -0.4 is 5.73 Å². The maximum Gasteiger partial charge on any atom is 0.472 e. The van der Waals surface area contributed by atoms with Crippen LogP contribution in [0, 0.1) is 0 Å². The number of allylic oxidation sites excluding steroid dienone is 12. The highest BCUT2D eigenvalue weighted by Crippen LogP contribution is 2.43. The molecule has 0 aliphatic heterocycles. The fraction of sp³-hybridized carbons (Fsp3) is 0.712. The van der Waals surface area contributed by atoms with Crippen LogP contribution in [0.25, 0.3) is 0 Å². The average Bonchev–Trinajstić information content (AvgIpc) is 3.27. The van der Waals surface area contributed by atoms with Crippen molar-refractivity contribution in [1.82, 2.24) is 0 Å². The Kier molecular flexibility index (Phi) is 44.2. The van der Waals surface area contributed by atoms with Gasteiger partial charge in [-0.15, -0.1) is 0 Å². The highest BCUT2D eigenvalue weighted by atomic mass is 31.2. The van der Waals surface area contributed by atoms with E-state index in [1.165, 1.54) is 109 Å². The third-order valence-electron chi connectivity index (χ3n) is 10.4. The van der Waals surface area contributed by atoms with Gasteiger partial charge >= 0.3 is 25.7 Å². The van der Waals surface area contributed by atoms with Crippen molar-refractivity contribution >= 4 is 25.7 Å². The quantitative estimate of drug-likeness (QED) is 0.0230. The van der Waals surface area contributed by atoms with Crippen molar-refractivity contribution in [2.75, 3.05) is 19.8 Å². The van der Waals surface area contributed by atoms with Crippen molar-refractivity contribution in [3.8, 4) is 0 Å². The molecule has 0 fully saturated rings. The molecule has 12 heteroatoms. The molecule has 0 aliphatic rings. The van der Waals surface area contributed by atoms with Crippen molar-refractivity contribution in [1.29, 1.82) is 0 Å². The largest absolute Gasteiger partial charge is 0.480 e. The molecular weight excluding hydrogens is 830 g/mol. The van der Waals surface area contributed by atoms with Crippen LogP contribution in [0.2, 0.25) is 0 Å². The van der Waals surface area contributed by atoms with E-state index in [4.69, 9.17) is 24.8 Å². The van der Waals surface area contributed by atoms with Crippen LogP contribution >= 0.6 is 7.82 Å². The minimum atomic E-state index is -4.74. The highest BCUT2D eigenvalue weighted by Gasteiger charge is 2.28. The molecule has 0 saturated heterocycles. The minimum absolute atomic E-state index is 0.0817. The number of carbonyl (C=O) groups is 3. The summed E-state index contributed by atoms with van der Waals surface area (Å²) in [6.07, 6.45) is 56.8. The fourth-order valence-corrected chi connectivity index (χ4v) is 7.28. The Balaban J connectivity index is 4.39. The number of esters is 2. The summed E-state index contributed by atoms with van der Waals surface area (Å²) in [5, 5.41) is 8.91. The lowest BCUT2D eigenvalue weighted by atomic mass is 10.1. The molecule has 0 heterocycles. The number of hydrogen-bond acceptors (Lipinski definition) is 9. The maximum absolute atomic E-state index is 12.7. The monoisotopic (exact) mass is 920 g/mol. The second-order valence-corrected chi connectivity index (χ2v) is 18.0. The molecule has 0 aliphatic carbocycles. The Bertz CT molecular complexity index is 1360. The van der Waals surface area contributed by atoms with Gasteiger partial charge in [0.1, 0.15) is 12.6 Å². The van der Waals surface area contributed by atoms with Gasteiger partial charge in [-0.05, 0) is 83.5 Å². The third-order valence-corrected chi connectivity index (χ3v) is 11.4. The first-order valence-corrected chi connectivity index (χ1v) is 26.5. The van der Waals surface area contributed by atoms with Crippen LogP contribution in [-0.4, -0.2) is 59.9 Å². The van der Waals surface area contributed by atoms with Gasteiger partial charge in [-0.1, -0.05) is 183 Å². The molecule has 3 atom stereocenters. The maximum atomic E-state index is 12.7. The number of hydrogen-bond donors (Lipinski definition) is 3. The summed E-state index contributed by atoms with van der Waals surface area (Å²) < 4.78 is 32.8. The summed E-state index contributed by atoms with van der Waals surface area (Å²) in [4.78, 5) is 46.1. The molecule has 0 aromatic heterocycles. The Morgan fingerprint density at radius 3 is 1.31 bits per heavy atom. The molecule has 368 valence electrons. The summed E-state index contributed by atoms with van der Waals surface area (Å²) >= 11 is 0. The number of phosphoric acid groups is 1. The highest BCUT2D eigenvalue weighted by molar-refractivity contribution is 7.47. The SMILES string of the molecule is CCCCC/C=C/C/C=C/CCCCCCCCCCCC(=O)OC[C@H](COP(=O)(O)OC[C@H](N)C(=O)O)OC(=O)CCC/C=C/C/C=C/C/C=C/C/C=C/CCCCCCCCC.